The Labute approximate surface area is 126 Å². The van der Waals surface area contributed by atoms with Gasteiger partial charge < -0.3 is 10.4 Å². The quantitative estimate of drug-likeness (QED) is 0.858. The fraction of sp³-hybridized carbons (Fsp3) is 0.500. The van der Waals surface area contributed by atoms with E-state index in [4.69, 9.17) is 0 Å². The molecular formula is C14H18BrNO2S. The van der Waals surface area contributed by atoms with Crippen LogP contribution in [0, 0.1) is 0 Å². The first-order valence-electron chi connectivity index (χ1n) is 6.46. The molecule has 0 heterocycles. The highest BCUT2D eigenvalue weighted by Crippen LogP contribution is 2.40. The van der Waals surface area contributed by atoms with Gasteiger partial charge in [-0.05, 0) is 50.1 Å². The Balaban J connectivity index is 2.01. The van der Waals surface area contributed by atoms with Crippen molar-refractivity contribution in [3.63, 3.8) is 0 Å². The van der Waals surface area contributed by atoms with Gasteiger partial charge in [0, 0.05) is 14.6 Å². The molecule has 1 aromatic rings. The number of rotatable bonds is 5. The summed E-state index contributed by atoms with van der Waals surface area (Å²) in [6.07, 6.45) is 2.35. The van der Waals surface area contributed by atoms with Crippen molar-refractivity contribution in [2.45, 2.75) is 41.9 Å². The van der Waals surface area contributed by atoms with Gasteiger partial charge in [0.05, 0.1) is 0 Å². The van der Waals surface area contributed by atoms with E-state index in [2.05, 4.69) is 33.4 Å². The van der Waals surface area contributed by atoms with Crippen LogP contribution in [0.25, 0.3) is 0 Å². The minimum atomic E-state index is -0.720. The molecule has 5 heteroatoms. The van der Waals surface area contributed by atoms with Crippen molar-refractivity contribution in [1.29, 1.82) is 0 Å². The molecule has 3 nitrogen and oxygen atoms in total. The molecule has 0 radical (unpaired) electrons. The van der Waals surface area contributed by atoms with E-state index in [9.17, 15) is 9.90 Å². The van der Waals surface area contributed by atoms with E-state index in [1.165, 1.54) is 4.90 Å². The lowest BCUT2D eigenvalue weighted by atomic mass is 9.98. The second-order valence-electron chi connectivity index (χ2n) is 4.85. The smallest absolute Gasteiger partial charge is 0.323 e. The van der Waals surface area contributed by atoms with Crippen molar-refractivity contribution in [2.24, 2.45) is 0 Å². The lowest BCUT2D eigenvalue weighted by molar-refractivity contribution is -0.144. The molecule has 1 saturated carbocycles. The highest BCUT2D eigenvalue weighted by molar-refractivity contribution is 9.10. The highest BCUT2D eigenvalue weighted by Gasteiger charge is 2.45. The summed E-state index contributed by atoms with van der Waals surface area (Å²) in [5.41, 5.74) is -0.720. The zero-order valence-corrected chi connectivity index (χ0v) is 13.3. The predicted octanol–water partition coefficient (Wildman–Crippen LogP) is 3.53. The topological polar surface area (TPSA) is 49.3 Å². The zero-order chi connectivity index (χ0) is 13.9. The van der Waals surface area contributed by atoms with Crippen LogP contribution < -0.4 is 5.32 Å². The number of carboxylic acid groups (broad SMARTS) is 1. The van der Waals surface area contributed by atoms with Crippen molar-refractivity contribution in [3.8, 4) is 0 Å². The van der Waals surface area contributed by atoms with Gasteiger partial charge in [-0.2, -0.15) is 0 Å². The third kappa shape index (κ3) is 3.52. The third-order valence-electron chi connectivity index (χ3n) is 3.51. The van der Waals surface area contributed by atoms with Gasteiger partial charge in [-0.3, -0.25) is 4.79 Å². The Kier molecular flexibility index (Phi) is 4.92. The minimum Gasteiger partial charge on any atom is -0.480 e. The van der Waals surface area contributed by atoms with Crippen molar-refractivity contribution in [2.75, 3.05) is 6.54 Å². The Morgan fingerprint density at radius 1 is 1.53 bits per heavy atom. The molecule has 104 valence electrons. The lowest BCUT2D eigenvalue weighted by Crippen LogP contribution is -2.50. The Morgan fingerprint density at radius 2 is 2.21 bits per heavy atom. The lowest BCUT2D eigenvalue weighted by Gasteiger charge is -2.25. The molecular weight excluding hydrogens is 326 g/mol. The summed E-state index contributed by atoms with van der Waals surface area (Å²) in [5.74, 6) is -0.715. The van der Waals surface area contributed by atoms with Crippen LogP contribution in [0.3, 0.4) is 0 Å². The first-order chi connectivity index (χ1) is 9.05. The summed E-state index contributed by atoms with van der Waals surface area (Å²) < 4.78 is 1.07. The molecule has 19 heavy (non-hydrogen) atoms. The van der Waals surface area contributed by atoms with E-state index in [-0.39, 0.29) is 0 Å². The summed E-state index contributed by atoms with van der Waals surface area (Å²) in [5, 5.41) is 13.0. The maximum Gasteiger partial charge on any atom is 0.323 e. The second-order valence-corrected chi connectivity index (χ2v) is 7.14. The van der Waals surface area contributed by atoms with E-state index in [0.717, 1.165) is 10.9 Å². The molecule has 0 aliphatic heterocycles. The maximum absolute atomic E-state index is 11.5. The van der Waals surface area contributed by atoms with Crippen LogP contribution >= 0.6 is 27.7 Å². The molecule has 1 aromatic carbocycles. The number of likely N-dealkylation sites (N-methyl/N-ethyl adjacent to an activating group) is 1. The molecule has 1 aliphatic rings. The van der Waals surface area contributed by atoms with Crippen molar-refractivity contribution in [1.82, 2.24) is 5.32 Å². The number of nitrogens with one attached hydrogen (secondary N) is 1. The summed E-state index contributed by atoms with van der Waals surface area (Å²) >= 11 is 5.20. The number of carbonyl (C=O) groups is 1. The number of thioether (sulfide) groups is 1. The Bertz CT molecular complexity index is 451. The maximum atomic E-state index is 11.5. The van der Waals surface area contributed by atoms with Crippen LogP contribution in [0.1, 0.15) is 26.2 Å². The number of hydrogen-bond donors (Lipinski definition) is 2. The SMILES string of the molecule is CCNC1(C(=O)O)CCC(Sc2ccc(Br)cc2)C1. The second kappa shape index (κ2) is 6.29. The molecule has 0 spiro atoms. The van der Waals surface area contributed by atoms with Gasteiger partial charge in [0.15, 0.2) is 0 Å². The molecule has 2 unspecified atom stereocenters. The van der Waals surface area contributed by atoms with E-state index in [1.807, 2.05) is 19.1 Å². The number of carboxylic acids is 1. The van der Waals surface area contributed by atoms with E-state index in [1.54, 1.807) is 11.8 Å². The van der Waals surface area contributed by atoms with Gasteiger partial charge in [0.25, 0.3) is 0 Å². The Hall–Kier alpha value is -0.520. The van der Waals surface area contributed by atoms with Crippen LogP contribution in [-0.2, 0) is 4.79 Å². The Morgan fingerprint density at radius 3 is 2.79 bits per heavy atom. The van der Waals surface area contributed by atoms with E-state index < -0.39 is 11.5 Å². The van der Waals surface area contributed by atoms with E-state index >= 15 is 0 Å². The van der Waals surface area contributed by atoms with Gasteiger partial charge >= 0.3 is 5.97 Å². The molecule has 0 bridgehead atoms. The molecule has 1 aliphatic carbocycles. The van der Waals surface area contributed by atoms with Gasteiger partial charge in [-0.1, -0.05) is 22.9 Å². The third-order valence-corrected chi connectivity index (χ3v) is 5.32. The number of hydrogen-bond acceptors (Lipinski definition) is 3. The summed E-state index contributed by atoms with van der Waals surface area (Å²) in [4.78, 5) is 12.7. The normalized spacial score (nSPS) is 26.5. The number of halogens is 1. The van der Waals surface area contributed by atoms with Crippen molar-refractivity contribution in [3.05, 3.63) is 28.7 Å². The monoisotopic (exact) mass is 343 g/mol. The minimum absolute atomic E-state index is 0.372. The molecule has 2 atom stereocenters. The van der Waals surface area contributed by atoms with Crippen LogP contribution in [0.4, 0.5) is 0 Å². The molecule has 0 saturated heterocycles. The molecule has 2 rings (SSSR count). The largest absolute Gasteiger partial charge is 0.480 e. The van der Waals surface area contributed by atoms with Gasteiger partial charge in [-0.15, -0.1) is 11.8 Å². The number of aliphatic carboxylic acids is 1. The average Bonchev–Trinajstić information content (AvgIpc) is 2.77. The first kappa shape index (κ1) is 14.9. The molecule has 1 fully saturated rings. The summed E-state index contributed by atoms with van der Waals surface area (Å²) in [6, 6.07) is 8.18. The zero-order valence-electron chi connectivity index (χ0n) is 10.9. The fourth-order valence-corrected chi connectivity index (χ4v) is 4.12. The summed E-state index contributed by atoms with van der Waals surface area (Å²) in [7, 11) is 0. The van der Waals surface area contributed by atoms with Gasteiger partial charge in [0.1, 0.15) is 5.54 Å². The van der Waals surface area contributed by atoms with Gasteiger partial charge in [0.2, 0.25) is 0 Å². The van der Waals surface area contributed by atoms with Crippen LogP contribution in [0.2, 0.25) is 0 Å². The summed E-state index contributed by atoms with van der Waals surface area (Å²) in [6.45, 7) is 2.65. The number of benzene rings is 1. The standard InChI is InChI=1S/C14H18BrNO2S/c1-2-16-14(13(17)18)8-7-12(9-14)19-11-5-3-10(15)4-6-11/h3-6,12,16H,2,7-9H2,1H3,(H,17,18). The van der Waals surface area contributed by atoms with Crippen molar-refractivity contribution >= 4 is 33.7 Å². The van der Waals surface area contributed by atoms with Gasteiger partial charge in [-0.25, -0.2) is 0 Å². The predicted molar refractivity (Wildman–Crippen MR) is 81.7 cm³/mol. The van der Waals surface area contributed by atoms with Crippen molar-refractivity contribution < 1.29 is 9.90 Å². The highest BCUT2D eigenvalue weighted by atomic mass is 79.9. The van der Waals surface area contributed by atoms with Crippen LogP contribution in [0.15, 0.2) is 33.6 Å². The van der Waals surface area contributed by atoms with E-state index in [0.29, 0.717) is 24.6 Å². The first-order valence-corrected chi connectivity index (χ1v) is 8.13. The molecule has 0 aromatic heterocycles. The average molecular weight is 344 g/mol. The fourth-order valence-electron chi connectivity index (χ4n) is 2.58. The van der Waals surface area contributed by atoms with Crippen LogP contribution in [0.5, 0.6) is 0 Å². The molecule has 0 amide bonds. The molecule has 2 N–H and O–H groups in total. The van der Waals surface area contributed by atoms with Crippen LogP contribution in [-0.4, -0.2) is 28.4 Å².